The molecule has 0 radical (unpaired) electrons. The highest BCUT2D eigenvalue weighted by Crippen LogP contribution is 2.19. The minimum Gasteiger partial charge on any atom is -0.374 e. The number of nitrogens with one attached hydrogen (secondary N) is 1. The molecule has 0 spiro atoms. The zero-order valence-corrected chi connectivity index (χ0v) is 18.4. The van der Waals surface area contributed by atoms with Crippen molar-refractivity contribution in [2.75, 3.05) is 52.0 Å². The summed E-state index contributed by atoms with van der Waals surface area (Å²) in [6, 6.07) is 0.494. The minimum atomic E-state index is -3.45. The smallest absolute Gasteiger partial charge is 0.374 e. The van der Waals surface area contributed by atoms with Crippen LogP contribution >= 0.6 is 0 Å². The molecule has 0 heterocycles. The van der Waals surface area contributed by atoms with E-state index < -0.39 is 28.9 Å². The Balaban J connectivity index is 4.79. The van der Waals surface area contributed by atoms with E-state index in [0.29, 0.717) is 32.3 Å². The maximum Gasteiger partial charge on any atom is 0.500 e. The first kappa shape index (κ1) is 24.9. The molecule has 0 atom stereocenters. The molecule has 0 saturated carbocycles. The average Bonchev–Trinajstić information content (AvgIpc) is 2.44. The van der Waals surface area contributed by atoms with Crippen LogP contribution in [0, 0.1) is 0 Å². The first-order chi connectivity index (χ1) is 11.5. The van der Waals surface area contributed by atoms with Gasteiger partial charge in [0.15, 0.2) is 0 Å². The fourth-order valence-corrected chi connectivity index (χ4v) is 6.21. The summed E-state index contributed by atoms with van der Waals surface area (Å²) in [7, 11) is -9.62. The van der Waals surface area contributed by atoms with Gasteiger partial charge >= 0.3 is 8.80 Å². The summed E-state index contributed by atoms with van der Waals surface area (Å²) in [4.78, 5) is 0. The van der Waals surface area contributed by atoms with Gasteiger partial charge in [0.2, 0.25) is 20.0 Å². The van der Waals surface area contributed by atoms with E-state index in [4.69, 9.17) is 13.3 Å². The lowest BCUT2D eigenvalue weighted by atomic mass is 10.4. The van der Waals surface area contributed by atoms with Gasteiger partial charge in [0.25, 0.3) is 0 Å². The van der Waals surface area contributed by atoms with Crippen LogP contribution in [0.2, 0.25) is 6.04 Å². The first-order valence-corrected chi connectivity index (χ1v) is 14.0. The van der Waals surface area contributed by atoms with Gasteiger partial charge < -0.3 is 13.3 Å². The largest absolute Gasteiger partial charge is 0.500 e. The number of rotatable bonds is 15. The third-order valence-corrected chi connectivity index (χ3v) is 8.36. The molecule has 0 rings (SSSR count). The number of sulfonamides is 2. The van der Waals surface area contributed by atoms with Crippen molar-refractivity contribution in [3.05, 3.63) is 0 Å². The topological polar surface area (TPSA) is 111 Å². The highest BCUT2D eigenvalue weighted by Gasteiger charge is 2.40. The second-order valence-corrected chi connectivity index (χ2v) is 12.0. The second kappa shape index (κ2) is 11.6. The third kappa shape index (κ3) is 11.3. The Morgan fingerprint density at radius 2 is 1.36 bits per heavy atom. The Bertz CT molecular complexity index is 552. The number of hydrogen-bond donors (Lipinski definition) is 1. The van der Waals surface area contributed by atoms with E-state index in [0.717, 1.165) is 12.5 Å². The second-order valence-electron chi connectivity index (χ2n) is 5.41. The molecule has 25 heavy (non-hydrogen) atoms. The van der Waals surface area contributed by atoms with E-state index in [1.807, 2.05) is 20.8 Å². The summed E-state index contributed by atoms with van der Waals surface area (Å²) in [6.45, 7) is 7.29. The first-order valence-electron chi connectivity index (χ1n) is 8.31. The molecular weight excluding hydrogens is 388 g/mol. The Labute approximate surface area is 153 Å². The molecule has 152 valence electrons. The lowest BCUT2D eigenvalue weighted by Crippen LogP contribution is -2.47. The minimum absolute atomic E-state index is 0.0247. The SMILES string of the molecule is CCO[Si](CCCN(CCNS(C)(=O)=O)S(C)(=O)=O)(OCC)OCC. The van der Waals surface area contributed by atoms with Crippen molar-refractivity contribution in [1.82, 2.24) is 9.03 Å². The van der Waals surface area contributed by atoms with Gasteiger partial charge in [-0.1, -0.05) is 0 Å². The van der Waals surface area contributed by atoms with Crippen LogP contribution in [0.1, 0.15) is 27.2 Å². The summed E-state index contributed by atoms with van der Waals surface area (Å²) in [5.41, 5.74) is 0. The Kier molecular flexibility index (Phi) is 11.6. The Morgan fingerprint density at radius 3 is 1.72 bits per heavy atom. The van der Waals surface area contributed by atoms with Gasteiger partial charge in [-0.25, -0.2) is 25.9 Å². The van der Waals surface area contributed by atoms with Crippen molar-refractivity contribution >= 4 is 28.9 Å². The molecule has 0 saturated heterocycles. The van der Waals surface area contributed by atoms with Crippen LogP contribution in [-0.2, 0) is 33.3 Å². The van der Waals surface area contributed by atoms with Crippen LogP contribution in [0.15, 0.2) is 0 Å². The average molecular weight is 421 g/mol. The normalized spacial score (nSPS) is 13.5. The van der Waals surface area contributed by atoms with Crippen LogP contribution in [0.5, 0.6) is 0 Å². The Hall–Kier alpha value is -0.0831. The van der Waals surface area contributed by atoms with E-state index in [9.17, 15) is 16.8 Å². The van der Waals surface area contributed by atoms with Crippen LogP contribution in [0.3, 0.4) is 0 Å². The maximum atomic E-state index is 11.9. The molecule has 1 N–H and O–H groups in total. The van der Waals surface area contributed by atoms with Crippen molar-refractivity contribution in [1.29, 1.82) is 0 Å². The maximum absolute atomic E-state index is 11.9. The van der Waals surface area contributed by atoms with Crippen molar-refractivity contribution < 1.29 is 30.1 Å². The van der Waals surface area contributed by atoms with E-state index in [1.165, 1.54) is 4.31 Å². The van der Waals surface area contributed by atoms with Gasteiger partial charge in [0.1, 0.15) is 0 Å². The Morgan fingerprint density at radius 1 is 0.880 bits per heavy atom. The van der Waals surface area contributed by atoms with Gasteiger partial charge in [0, 0.05) is 45.5 Å². The molecule has 12 heteroatoms. The van der Waals surface area contributed by atoms with Crippen molar-refractivity contribution in [2.24, 2.45) is 0 Å². The summed E-state index contributed by atoms with van der Waals surface area (Å²) in [5, 5.41) is 0. The standard InChI is InChI=1S/C13H32N2O7S2Si/c1-6-20-25(21-7-2,22-8-3)13-9-11-15(24(5,18)19)12-10-14-23(4,16)17/h14H,6-13H2,1-5H3. The highest BCUT2D eigenvalue weighted by molar-refractivity contribution is 7.88. The predicted octanol–water partition coefficient (Wildman–Crippen LogP) is 0.236. The molecule has 0 aliphatic carbocycles. The fraction of sp³-hybridized carbons (Fsp3) is 1.00. The summed E-state index contributed by atoms with van der Waals surface area (Å²) in [5.74, 6) is 0. The van der Waals surface area contributed by atoms with Crippen molar-refractivity contribution in [3.63, 3.8) is 0 Å². The summed E-state index contributed by atoms with van der Waals surface area (Å²) in [6.07, 6.45) is 2.63. The molecule has 0 aromatic carbocycles. The van der Waals surface area contributed by atoms with Crippen LogP contribution in [-0.4, -0.2) is 81.9 Å². The molecule has 0 aromatic rings. The molecule has 9 nitrogen and oxygen atoms in total. The molecule has 0 aliphatic heterocycles. The van der Waals surface area contributed by atoms with Gasteiger partial charge in [-0.15, -0.1) is 0 Å². The fourth-order valence-electron chi connectivity index (χ4n) is 2.27. The summed E-state index contributed by atoms with van der Waals surface area (Å²) >= 11 is 0. The molecule has 0 aromatic heterocycles. The monoisotopic (exact) mass is 420 g/mol. The lowest BCUT2D eigenvalue weighted by Gasteiger charge is -2.29. The van der Waals surface area contributed by atoms with Crippen molar-refractivity contribution in [2.45, 2.75) is 33.2 Å². The molecular formula is C13H32N2O7S2Si. The number of hydrogen-bond acceptors (Lipinski definition) is 7. The molecule has 0 unspecified atom stereocenters. The zero-order valence-electron chi connectivity index (χ0n) is 15.8. The molecule has 0 bridgehead atoms. The highest BCUT2D eigenvalue weighted by atomic mass is 32.2. The number of nitrogens with zero attached hydrogens (tertiary/aromatic N) is 1. The van der Waals surface area contributed by atoms with Gasteiger partial charge in [0.05, 0.1) is 12.5 Å². The van der Waals surface area contributed by atoms with E-state index in [-0.39, 0.29) is 19.6 Å². The molecule has 0 aliphatic rings. The van der Waals surface area contributed by atoms with Crippen LogP contribution < -0.4 is 4.72 Å². The predicted molar refractivity (Wildman–Crippen MR) is 99.3 cm³/mol. The lowest BCUT2D eigenvalue weighted by molar-refractivity contribution is 0.0704. The van der Waals surface area contributed by atoms with E-state index in [1.54, 1.807) is 0 Å². The zero-order chi connectivity index (χ0) is 19.6. The molecule has 0 fully saturated rings. The van der Waals surface area contributed by atoms with E-state index in [2.05, 4.69) is 4.72 Å². The quantitative estimate of drug-likeness (QED) is 0.378. The summed E-state index contributed by atoms with van der Waals surface area (Å²) < 4.78 is 66.7. The van der Waals surface area contributed by atoms with Crippen LogP contribution in [0.25, 0.3) is 0 Å². The van der Waals surface area contributed by atoms with Gasteiger partial charge in [-0.2, -0.15) is 0 Å². The van der Waals surface area contributed by atoms with Gasteiger partial charge in [-0.3, -0.25) is 0 Å². The van der Waals surface area contributed by atoms with Crippen molar-refractivity contribution in [3.8, 4) is 0 Å². The van der Waals surface area contributed by atoms with Crippen LogP contribution in [0.4, 0.5) is 0 Å². The van der Waals surface area contributed by atoms with E-state index >= 15 is 0 Å². The molecule has 0 amide bonds. The third-order valence-electron chi connectivity index (χ3n) is 3.18. The van der Waals surface area contributed by atoms with Gasteiger partial charge in [-0.05, 0) is 27.2 Å².